The van der Waals surface area contributed by atoms with Crippen molar-refractivity contribution in [1.82, 2.24) is 4.90 Å². The topological polar surface area (TPSA) is 46.6 Å². The van der Waals surface area contributed by atoms with Crippen LogP contribution in [0.4, 0.5) is 0 Å². The molecule has 4 nitrogen and oxygen atoms in total. The maximum Gasteiger partial charge on any atom is 0.319 e. The number of carbonyl (C=O) groups is 2. The third-order valence-electron chi connectivity index (χ3n) is 6.05. The van der Waals surface area contributed by atoms with Crippen molar-refractivity contribution in [3.05, 3.63) is 66.2 Å². The number of hydrogen-bond donors (Lipinski definition) is 0. The molecule has 2 heterocycles. The Morgan fingerprint density at radius 2 is 1.68 bits per heavy atom. The Kier molecular flexibility index (Phi) is 5.44. The van der Waals surface area contributed by atoms with Gasteiger partial charge in [0.15, 0.2) is 0 Å². The van der Waals surface area contributed by atoms with Crippen molar-refractivity contribution in [2.75, 3.05) is 7.11 Å². The molecule has 0 aromatic heterocycles. The Labute approximate surface area is 170 Å². The van der Waals surface area contributed by atoms with Gasteiger partial charge in [0.25, 0.3) is 5.91 Å². The molecule has 28 heavy (non-hydrogen) atoms. The van der Waals surface area contributed by atoms with Crippen LogP contribution in [-0.4, -0.2) is 40.7 Å². The fraction of sp³-hybridized carbons (Fsp3) is 0.391. The molecular formula is C23H25NO3S. The first kappa shape index (κ1) is 19.1. The molecule has 2 aromatic rings. The van der Waals surface area contributed by atoms with Crippen molar-refractivity contribution in [3.8, 4) is 0 Å². The van der Waals surface area contributed by atoms with Crippen LogP contribution in [0, 0.1) is 0 Å². The van der Waals surface area contributed by atoms with Crippen molar-refractivity contribution in [2.24, 2.45) is 0 Å². The fourth-order valence-electron chi connectivity index (χ4n) is 4.74. The average Bonchev–Trinajstić information content (AvgIpc) is 3.28. The van der Waals surface area contributed by atoms with Crippen molar-refractivity contribution in [1.29, 1.82) is 0 Å². The second-order valence-electron chi connectivity index (χ2n) is 7.64. The van der Waals surface area contributed by atoms with E-state index in [1.807, 2.05) is 60.7 Å². The van der Waals surface area contributed by atoms with E-state index in [1.165, 1.54) is 18.9 Å². The minimum absolute atomic E-state index is 0.0916. The zero-order valence-electron chi connectivity index (χ0n) is 16.0. The number of benzene rings is 2. The molecule has 1 amide bonds. The first-order valence-corrected chi connectivity index (χ1v) is 10.7. The van der Waals surface area contributed by atoms with E-state index in [2.05, 4.69) is 4.90 Å². The van der Waals surface area contributed by atoms with Crippen LogP contribution < -0.4 is 0 Å². The van der Waals surface area contributed by atoms with Crippen LogP contribution in [0.5, 0.6) is 0 Å². The van der Waals surface area contributed by atoms with Gasteiger partial charge in [-0.2, -0.15) is 0 Å². The quantitative estimate of drug-likeness (QED) is 0.532. The summed E-state index contributed by atoms with van der Waals surface area (Å²) in [5.41, 5.74) is 0.476. The van der Waals surface area contributed by atoms with Crippen LogP contribution in [0.1, 0.15) is 42.5 Å². The van der Waals surface area contributed by atoms with E-state index in [4.69, 9.17) is 4.74 Å². The Morgan fingerprint density at radius 1 is 1.07 bits per heavy atom. The zero-order chi connectivity index (χ0) is 19.6. The molecule has 2 aromatic carbocycles. The molecule has 2 aliphatic rings. The van der Waals surface area contributed by atoms with E-state index in [9.17, 15) is 9.59 Å². The van der Waals surface area contributed by atoms with Gasteiger partial charge >= 0.3 is 5.97 Å². The monoisotopic (exact) mass is 395 g/mol. The van der Waals surface area contributed by atoms with Gasteiger partial charge < -0.3 is 9.64 Å². The Hall–Kier alpha value is -2.27. The summed E-state index contributed by atoms with van der Waals surface area (Å²) in [6, 6.07) is 19.7. The van der Waals surface area contributed by atoms with Crippen LogP contribution in [0.2, 0.25) is 0 Å². The van der Waals surface area contributed by atoms with E-state index in [0.29, 0.717) is 6.42 Å². The molecule has 0 N–H and O–H groups in total. The minimum Gasteiger partial charge on any atom is -0.468 e. The number of nitrogens with zero attached hydrogens (tertiary/aromatic N) is 1. The summed E-state index contributed by atoms with van der Waals surface area (Å²) >= 11 is 1.54. The van der Waals surface area contributed by atoms with Crippen molar-refractivity contribution in [2.45, 2.75) is 53.8 Å². The Balaban J connectivity index is 1.59. The zero-order valence-corrected chi connectivity index (χ0v) is 16.9. The van der Waals surface area contributed by atoms with E-state index in [1.54, 1.807) is 0 Å². The van der Waals surface area contributed by atoms with Gasteiger partial charge in [-0.05, 0) is 56.4 Å². The second kappa shape index (κ2) is 8.00. The molecule has 2 fully saturated rings. The highest BCUT2D eigenvalue weighted by Crippen LogP contribution is 2.51. The Bertz CT molecular complexity index is 831. The third-order valence-corrected chi connectivity index (χ3v) is 7.24. The molecule has 0 aliphatic carbocycles. The molecule has 1 unspecified atom stereocenters. The number of hydrogen-bond acceptors (Lipinski definition) is 4. The molecule has 0 spiro atoms. The first-order valence-electron chi connectivity index (χ1n) is 9.81. The number of methoxy groups -OCH3 is 1. The lowest BCUT2D eigenvalue weighted by Crippen LogP contribution is -2.47. The maximum absolute atomic E-state index is 13.3. The summed E-state index contributed by atoms with van der Waals surface area (Å²) in [6.45, 7) is 0. The third kappa shape index (κ3) is 3.55. The molecule has 0 saturated carbocycles. The molecular weight excluding hydrogens is 370 g/mol. The van der Waals surface area contributed by atoms with Crippen molar-refractivity contribution < 1.29 is 14.3 Å². The molecule has 2 saturated heterocycles. The molecule has 1 atom stereocenters. The van der Waals surface area contributed by atoms with Crippen LogP contribution in [0.15, 0.2) is 65.6 Å². The van der Waals surface area contributed by atoms with E-state index >= 15 is 0 Å². The number of thioether (sulfide) groups is 1. The van der Waals surface area contributed by atoms with E-state index < -0.39 is 0 Å². The summed E-state index contributed by atoms with van der Waals surface area (Å²) < 4.78 is 5.12. The van der Waals surface area contributed by atoms with Crippen LogP contribution >= 0.6 is 11.8 Å². The summed E-state index contributed by atoms with van der Waals surface area (Å²) in [5.74, 6) is -0.125. The predicted molar refractivity (Wildman–Crippen MR) is 110 cm³/mol. The fourth-order valence-corrected chi connectivity index (χ4v) is 5.97. The van der Waals surface area contributed by atoms with Crippen molar-refractivity contribution in [3.63, 3.8) is 0 Å². The van der Waals surface area contributed by atoms with E-state index in [0.717, 1.165) is 36.1 Å². The van der Waals surface area contributed by atoms with Crippen LogP contribution in [0.3, 0.4) is 0 Å². The minimum atomic E-state index is -0.324. The van der Waals surface area contributed by atoms with Gasteiger partial charge in [-0.25, -0.2) is 0 Å². The highest BCUT2D eigenvalue weighted by atomic mass is 32.2. The summed E-state index contributed by atoms with van der Waals surface area (Å²) in [5, 5.41) is -0.324. The van der Waals surface area contributed by atoms with Crippen LogP contribution in [0.25, 0.3) is 0 Å². The summed E-state index contributed by atoms with van der Waals surface area (Å²) in [6.07, 6.45) is 4.58. The summed E-state index contributed by atoms with van der Waals surface area (Å²) in [7, 11) is 1.44. The number of fused-ring (bicyclic) bond motifs is 2. The first-order chi connectivity index (χ1) is 13.6. The van der Waals surface area contributed by atoms with Gasteiger partial charge in [-0.3, -0.25) is 9.59 Å². The van der Waals surface area contributed by atoms with Crippen molar-refractivity contribution >= 4 is 23.6 Å². The SMILES string of the molecule is COC(=O)C(CC12CCC(CC1)N2C(=O)c1ccccc1)Sc1ccccc1. The normalized spacial score (nSPS) is 24.2. The lowest BCUT2D eigenvalue weighted by atomic mass is 9.83. The molecule has 5 heteroatoms. The van der Waals surface area contributed by atoms with Gasteiger partial charge in [0, 0.05) is 22.0 Å². The number of ether oxygens (including phenoxy) is 1. The van der Waals surface area contributed by atoms with Gasteiger partial charge in [-0.15, -0.1) is 11.8 Å². The molecule has 4 rings (SSSR count). The lowest BCUT2D eigenvalue weighted by Gasteiger charge is -2.37. The number of carbonyl (C=O) groups excluding carboxylic acids is 2. The predicted octanol–water partition coefficient (Wildman–Crippen LogP) is 4.55. The van der Waals surface area contributed by atoms with Gasteiger partial charge in [0.2, 0.25) is 0 Å². The highest BCUT2D eigenvalue weighted by molar-refractivity contribution is 8.00. The van der Waals surface area contributed by atoms with Gasteiger partial charge in [0.05, 0.1) is 7.11 Å². The number of esters is 1. The van der Waals surface area contributed by atoms with E-state index in [-0.39, 0.29) is 28.7 Å². The van der Waals surface area contributed by atoms with Crippen LogP contribution in [-0.2, 0) is 9.53 Å². The lowest BCUT2D eigenvalue weighted by molar-refractivity contribution is -0.140. The highest BCUT2D eigenvalue weighted by Gasteiger charge is 2.55. The standard InChI is InChI=1S/C23H25NO3S/c1-27-22(26)20(28-19-10-6-3-7-11-19)16-23-14-12-18(13-15-23)24(23)21(25)17-8-4-2-5-9-17/h2-11,18,20H,12-16H2,1H3. The largest absolute Gasteiger partial charge is 0.468 e. The number of amides is 1. The Morgan fingerprint density at radius 3 is 2.29 bits per heavy atom. The molecule has 2 aliphatic heterocycles. The van der Waals surface area contributed by atoms with Gasteiger partial charge in [0.1, 0.15) is 5.25 Å². The molecule has 146 valence electrons. The number of rotatable bonds is 6. The maximum atomic E-state index is 13.3. The average molecular weight is 396 g/mol. The smallest absolute Gasteiger partial charge is 0.319 e. The summed E-state index contributed by atoms with van der Waals surface area (Å²) in [4.78, 5) is 29.0. The molecule has 0 radical (unpaired) electrons. The molecule has 2 bridgehead atoms. The second-order valence-corrected chi connectivity index (χ2v) is 8.92. The van der Waals surface area contributed by atoms with Gasteiger partial charge in [-0.1, -0.05) is 36.4 Å².